The number of amides is 1. The van der Waals surface area contributed by atoms with Crippen molar-refractivity contribution in [2.24, 2.45) is 0 Å². The zero-order chi connectivity index (χ0) is 14.5. The minimum Gasteiger partial charge on any atom is -0.346 e. The van der Waals surface area contributed by atoms with E-state index in [0.29, 0.717) is 16.5 Å². The molecule has 4 heteroatoms. The van der Waals surface area contributed by atoms with Gasteiger partial charge in [0.05, 0.1) is 6.04 Å². The molecule has 0 saturated carbocycles. The Balaban J connectivity index is 2.08. The van der Waals surface area contributed by atoms with Crippen molar-refractivity contribution in [1.29, 1.82) is 0 Å². The van der Waals surface area contributed by atoms with Gasteiger partial charge in [-0.15, -0.1) is 11.6 Å². The van der Waals surface area contributed by atoms with Crippen molar-refractivity contribution in [1.82, 2.24) is 5.32 Å². The van der Waals surface area contributed by atoms with Crippen LogP contribution in [0.25, 0.3) is 0 Å². The standard InChI is InChI=1S/C16H15Cl2NO/c1-11(13-5-7-15(18)8-6-13)19-16(20)14-4-2-3-12(9-14)10-17/h2-9,11H,10H2,1H3,(H,19,20). The molecule has 2 aromatic rings. The van der Waals surface area contributed by atoms with E-state index in [1.54, 1.807) is 12.1 Å². The number of hydrogen-bond donors (Lipinski definition) is 1. The second-order valence-corrected chi connectivity index (χ2v) is 5.28. The van der Waals surface area contributed by atoms with Crippen molar-refractivity contribution in [2.75, 3.05) is 0 Å². The minimum absolute atomic E-state index is 0.0839. The van der Waals surface area contributed by atoms with Gasteiger partial charge in [0.1, 0.15) is 0 Å². The molecule has 1 atom stereocenters. The van der Waals surface area contributed by atoms with Gasteiger partial charge in [0, 0.05) is 16.5 Å². The first-order valence-corrected chi connectivity index (χ1v) is 7.22. The fourth-order valence-corrected chi connectivity index (χ4v) is 2.20. The predicted octanol–water partition coefficient (Wildman–Crippen LogP) is 4.57. The maximum absolute atomic E-state index is 12.2. The van der Waals surface area contributed by atoms with Crippen LogP contribution in [0.5, 0.6) is 0 Å². The van der Waals surface area contributed by atoms with E-state index in [1.165, 1.54) is 0 Å². The van der Waals surface area contributed by atoms with Gasteiger partial charge in [0.15, 0.2) is 0 Å². The highest BCUT2D eigenvalue weighted by Gasteiger charge is 2.11. The van der Waals surface area contributed by atoms with E-state index in [0.717, 1.165) is 11.1 Å². The summed E-state index contributed by atoms with van der Waals surface area (Å²) in [5.74, 6) is 0.285. The third-order valence-electron chi connectivity index (χ3n) is 3.06. The van der Waals surface area contributed by atoms with Crippen LogP contribution in [-0.2, 0) is 5.88 Å². The number of alkyl halides is 1. The number of carbonyl (C=O) groups is 1. The summed E-state index contributed by atoms with van der Waals surface area (Å²) in [5, 5.41) is 3.64. The topological polar surface area (TPSA) is 29.1 Å². The van der Waals surface area contributed by atoms with Crippen LogP contribution in [0.2, 0.25) is 5.02 Å². The van der Waals surface area contributed by atoms with Gasteiger partial charge in [-0.1, -0.05) is 35.9 Å². The molecule has 0 saturated heterocycles. The van der Waals surface area contributed by atoms with E-state index in [4.69, 9.17) is 23.2 Å². The normalized spacial score (nSPS) is 11.9. The van der Waals surface area contributed by atoms with Gasteiger partial charge < -0.3 is 5.32 Å². The van der Waals surface area contributed by atoms with E-state index in [-0.39, 0.29) is 11.9 Å². The Morgan fingerprint density at radius 1 is 1.20 bits per heavy atom. The van der Waals surface area contributed by atoms with Gasteiger partial charge >= 0.3 is 0 Å². The summed E-state index contributed by atoms with van der Waals surface area (Å²) >= 11 is 11.6. The molecule has 0 spiro atoms. The molecule has 0 fully saturated rings. The van der Waals surface area contributed by atoms with E-state index in [2.05, 4.69) is 5.32 Å². The molecule has 1 unspecified atom stereocenters. The quantitative estimate of drug-likeness (QED) is 0.824. The van der Waals surface area contributed by atoms with Gasteiger partial charge in [0.25, 0.3) is 5.91 Å². The van der Waals surface area contributed by atoms with Crippen LogP contribution in [-0.4, -0.2) is 5.91 Å². The molecule has 2 nitrogen and oxygen atoms in total. The van der Waals surface area contributed by atoms with Crippen molar-refractivity contribution in [3.05, 3.63) is 70.2 Å². The molecule has 0 aromatic heterocycles. The molecule has 1 N–H and O–H groups in total. The lowest BCUT2D eigenvalue weighted by molar-refractivity contribution is 0.0940. The van der Waals surface area contributed by atoms with Crippen LogP contribution in [0.3, 0.4) is 0 Å². The molecule has 0 heterocycles. The predicted molar refractivity (Wildman–Crippen MR) is 83.3 cm³/mol. The first-order chi connectivity index (χ1) is 9.60. The lowest BCUT2D eigenvalue weighted by atomic mass is 10.1. The second kappa shape index (κ2) is 6.78. The molecule has 20 heavy (non-hydrogen) atoms. The Labute approximate surface area is 128 Å². The molecule has 0 radical (unpaired) electrons. The van der Waals surface area contributed by atoms with Crippen LogP contribution >= 0.6 is 23.2 Å². The smallest absolute Gasteiger partial charge is 0.251 e. The first kappa shape index (κ1) is 14.9. The first-order valence-electron chi connectivity index (χ1n) is 6.31. The minimum atomic E-state index is -0.112. The van der Waals surface area contributed by atoms with Crippen molar-refractivity contribution >= 4 is 29.1 Å². The van der Waals surface area contributed by atoms with Crippen LogP contribution in [0.1, 0.15) is 34.5 Å². The zero-order valence-corrected chi connectivity index (χ0v) is 12.6. The van der Waals surface area contributed by atoms with Crippen molar-refractivity contribution in [3.8, 4) is 0 Å². The highest BCUT2D eigenvalue weighted by molar-refractivity contribution is 6.30. The fourth-order valence-electron chi connectivity index (χ4n) is 1.91. The number of hydrogen-bond acceptors (Lipinski definition) is 1. The van der Waals surface area contributed by atoms with Crippen molar-refractivity contribution in [2.45, 2.75) is 18.8 Å². The molecule has 2 rings (SSSR count). The van der Waals surface area contributed by atoms with Crippen LogP contribution < -0.4 is 5.32 Å². The van der Waals surface area contributed by atoms with Gasteiger partial charge in [-0.05, 0) is 42.3 Å². The third-order valence-corrected chi connectivity index (χ3v) is 3.62. The summed E-state index contributed by atoms with van der Waals surface area (Å²) in [7, 11) is 0. The zero-order valence-electron chi connectivity index (χ0n) is 11.1. The second-order valence-electron chi connectivity index (χ2n) is 4.58. The molecule has 2 aromatic carbocycles. The van der Waals surface area contributed by atoms with E-state index >= 15 is 0 Å². The number of carbonyl (C=O) groups excluding carboxylic acids is 1. The largest absolute Gasteiger partial charge is 0.346 e. The maximum Gasteiger partial charge on any atom is 0.251 e. The van der Waals surface area contributed by atoms with Gasteiger partial charge in [-0.2, -0.15) is 0 Å². The molecule has 1 amide bonds. The molecule has 0 aliphatic carbocycles. The van der Waals surface area contributed by atoms with Crippen LogP contribution in [0, 0.1) is 0 Å². The summed E-state index contributed by atoms with van der Waals surface area (Å²) in [6.07, 6.45) is 0. The average Bonchev–Trinajstić information content (AvgIpc) is 2.47. The molecule has 0 bridgehead atoms. The summed E-state index contributed by atoms with van der Waals surface area (Å²) in [6, 6.07) is 14.7. The Kier molecular flexibility index (Phi) is 5.05. The monoisotopic (exact) mass is 307 g/mol. The Morgan fingerprint density at radius 3 is 2.55 bits per heavy atom. The Hall–Kier alpha value is -1.51. The van der Waals surface area contributed by atoms with Crippen molar-refractivity contribution < 1.29 is 4.79 Å². The Morgan fingerprint density at radius 2 is 1.90 bits per heavy atom. The number of benzene rings is 2. The number of nitrogens with one attached hydrogen (secondary N) is 1. The summed E-state index contributed by atoms with van der Waals surface area (Å²) in [5.41, 5.74) is 2.55. The van der Waals surface area contributed by atoms with Gasteiger partial charge in [0.2, 0.25) is 0 Å². The fraction of sp³-hybridized carbons (Fsp3) is 0.188. The van der Waals surface area contributed by atoms with Crippen molar-refractivity contribution in [3.63, 3.8) is 0 Å². The SMILES string of the molecule is CC(NC(=O)c1cccc(CCl)c1)c1ccc(Cl)cc1. The lowest BCUT2D eigenvalue weighted by Gasteiger charge is -2.14. The van der Waals surface area contributed by atoms with E-state index < -0.39 is 0 Å². The Bertz CT molecular complexity index is 596. The molecular formula is C16H15Cl2NO. The van der Waals surface area contributed by atoms with Gasteiger partial charge in [-0.25, -0.2) is 0 Å². The highest BCUT2D eigenvalue weighted by Crippen LogP contribution is 2.17. The maximum atomic E-state index is 12.2. The molecule has 0 aliphatic heterocycles. The van der Waals surface area contributed by atoms with E-state index in [9.17, 15) is 4.79 Å². The van der Waals surface area contributed by atoms with Crippen LogP contribution in [0.4, 0.5) is 0 Å². The summed E-state index contributed by atoms with van der Waals surface area (Å²) in [6.45, 7) is 1.94. The summed E-state index contributed by atoms with van der Waals surface area (Å²) < 4.78 is 0. The third kappa shape index (κ3) is 3.75. The lowest BCUT2D eigenvalue weighted by Crippen LogP contribution is -2.26. The number of halogens is 2. The molecule has 104 valence electrons. The highest BCUT2D eigenvalue weighted by atomic mass is 35.5. The van der Waals surface area contributed by atoms with E-state index in [1.807, 2.05) is 43.3 Å². The molecule has 0 aliphatic rings. The molecular weight excluding hydrogens is 293 g/mol. The number of rotatable bonds is 4. The van der Waals surface area contributed by atoms with Gasteiger partial charge in [-0.3, -0.25) is 4.79 Å². The van der Waals surface area contributed by atoms with Crippen LogP contribution in [0.15, 0.2) is 48.5 Å². The average molecular weight is 308 g/mol. The summed E-state index contributed by atoms with van der Waals surface area (Å²) in [4.78, 5) is 12.2.